The number of amides is 1. The third-order valence-electron chi connectivity index (χ3n) is 5.29. The van der Waals surface area contributed by atoms with Gasteiger partial charge in [0.2, 0.25) is 11.7 Å². The number of hydrogen-bond acceptors (Lipinski definition) is 8. The second-order valence-corrected chi connectivity index (χ2v) is 7.51. The minimum absolute atomic E-state index is 0.000957. The van der Waals surface area contributed by atoms with Gasteiger partial charge in [-0.05, 0) is 56.7 Å². The van der Waals surface area contributed by atoms with Crippen LogP contribution in [0.5, 0.6) is 11.5 Å². The average Bonchev–Trinajstić information content (AvgIpc) is 3.29. The van der Waals surface area contributed by atoms with Crippen LogP contribution in [0.1, 0.15) is 31.7 Å². The van der Waals surface area contributed by atoms with Gasteiger partial charge >= 0.3 is 0 Å². The SMILES string of the molecule is CC[C@@H](C)N(Cc1nc(-c2ccc(OC)cc2)no1)C(=O)COc1ccc([N+](=O)[O-])c(C)c1. The smallest absolute Gasteiger partial charge is 0.272 e. The molecule has 0 spiro atoms. The van der Waals surface area contributed by atoms with Gasteiger partial charge in [0.1, 0.15) is 18.0 Å². The van der Waals surface area contributed by atoms with Crippen molar-refractivity contribution in [1.82, 2.24) is 15.0 Å². The number of nitro groups is 1. The topological polar surface area (TPSA) is 121 Å². The van der Waals surface area contributed by atoms with Crippen LogP contribution in [0, 0.1) is 17.0 Å². The van der Waals surface area contributed by atoms with Crippen LogP contribution in [0.15, 0.2) is 47.0 Å². The van der Waals surface area contributed by atoms with Crippen LogP contribution in [0.3, 0.4) is 0 Å². The molecule has 1 heterocycles. The number of carbonyl (C=O) groups excluding carboxylic acids is 1. The fraction of sp³-hybridized carbons (Fsp3) is 0.348. The minimum Gasteiger partial charge on any atom is -0.497 e. The third kappa shape index (κ3) is 5.85. The first-order valence-corrected chi connectivity index (χ1v) is 10.5. The van der Waals surface area contributed by atoms with Crippen molar-refractivity contribution in [3.05, 3.63) is 64.0 Å². The third-order valence-corrected chi connectivity index (χ3v) is 5.29. The predicted octanol–water partition coefficient (Wildman–Crippen LogP) is 4.17. The number of carbonyl (C=O) groups is 1. The first-order valence-electron chi connectivity index (χ1n) is 10.5. The molecular weight excluding hydrogens is 428 g/mol. The molecule has 0 saturated heterocycles. The Morgan fingerprint density at radius 1 is 1.21 bits per heavy atom. The van der Waals surface area contributed by atoms with Crippen molar-refractivity contribution in [1.29, 1.82) is 0 Å². The zero-order valence-electron chi connectivity index (χ0n) is 19.0. The fourth-order valence-corrected chi connectivity index (χ4v) is 3.18. The quantitative estimate of drug-likeness (QED) is 0.331. The number of hydrogen-bond donors (Lipinski definition) is 0. The first-order chi connectivity index (χ1) is 15.8. The van der Waals surface area contributed by atoms with E-state index in [1.54, 1.807) is 31.1 Å². The average molecular weight is 454 g/mol. The highest BCUT2D eigenvalue weighted by Crippen LogP contribution is 2.24. The molecule has 10 nitrogen and oxygen atoms in total. The number of nitro benzene ring substituents is 1. The number of nitrogens with zero attached hydrogens (tertiary/aromatic N) is 4. The second-order valence-electron chi connectivity index (χ2n) is 7.51. The summed E-state index contributed by atoms with van der Waals surface area (Å²) < 4.78 is 16.1. The molecule has 3 rings (SSSR count). The molecule has 1 amide bonds. The van der Waals surface area contributed by atoms with Crippen LogP contribution in [0.2, 0.25) is 0 Å². The van der Waals surface area contributed by atoms with E-state index in [1.165, 1.54) is 18.2 Å². The van der Waals surface area contributed by atoms with Crippen molar-refractivity contribution >= 4 is 11.6 Å². The molecule has 174 valence electrons. The highest BCUT2D eigenvalue weighted by Gasteiger charge is 2.23. The molecule has 0 aliphatic heterocycles. The van der Waals surface area contributed by atoms with E-state index in [0.717, 1.165) is 17.7 Å². The van der Waals surface area contributed by atoms with Crippen molar-refractivity contribution in [2.75, 3.05) is 13.7 Å². The normalized spacial score (nSPS) is 11.6. The molecule has 0 N–H and O–H groups in total. The van der Waals surface area contributed by atoms with Crippen LogP contribution in [-0.4, -0.2) is 45.6 Å². The van der Waals surface area contributed by atoms with E-state index in [4.69, 9.17) is 14.0 Å². The van der Waals surface area contributed by atoms with Crippen LogP contribution >= 0.6 is 0 Å². The summed E-state index contributed by atoms with van der Waals surface area (Å²) in [6.07, 6.45) is 0.724. The maximum Gasteiger partial charge on any atom is 0.272 e. The summed E-state index contributed by atoms with van der Waals surface area (Å²) in [7, 11) is 1.59. The van der Waals surface area contributed by atoms with E-state index in [2.05, 4.69) is 10.1 Å². The van der Waals surface area contributed by atoms with Gasteiger partial charge in [0, 0.05) is 23.2 Å². The Bertz CT molecular complexity index is 1110. The van der Waals surface area contributed by atoms with E-state index in [0.29, 0.717) is 23.0 Å². The molecule has 3 aromatic rings. The molecule has 33 heavy (non-hydrogen) atoms. The van der Waals surface area contributed by atoms with Gasteiger partial charge < -0.3 is 18.9 Å². The van der Waals surface area contributed by atoms with Crippen molar-refractivity contribution in [2.45, 2.75) is 39.8 Å². The maximum absolute atomic E-state index is 12.9. The predicted molar refractivity (Wildman–Crippen MR) is 120 cm³/mol. The molecule has 2 aromatic carbocycles. The summed E-state index contributed by atoms with van der Waals surface area (Å²) in [6, 6.07) is 11.5. The van der Waals surface area contributed by atoms with Gasteiger partial charge in [-0.15, -0.1) is 0 Å². The monoisotopic (exact) mass is 454 g/mol. The van der Waals surface area contributed by atoms with Crippen molar-refractivity contribution in [3.63, 3.8) is 0 Å². The second kappa shape index (κ2) is 10.6. The Morgan fingerprint density at radius 3 is 2.52 bits per heavy atom. The molecular formula is C23H26N4O6. The van der Waals surface area contributed by atoms with E-state index in [9.17, 15) is 14.9 Å². The van der Waals surface area contributed by atoms with Gasteiger partial charge in [-0.1, -0.05) is 12.1 Å². The largest absolute Gasteiger partial charge is 0.497 e. The number of aromatic nitrogens is 2. The van der Waals surface area contributed by atoms with Gasteiger partial charge in [0.05, 0.1) is 12.0 Å². The number of aryl methyl sites for hydroxylation is 1. The Balaban J connectivity index is 1.68. The van der Waals surface area contributed by atoms with Crippen molar-refractivity contribution in [2.24, 2.45) is 0 Å². The van der Waals surface area contributed by atoms with Crippen LogP contribution in [0.25, 0.3) is 11.4 Å². The number of methoxy groups -OCH3 is 1. The number of rotatable bonds is 10. The standard InChI is InChI=1S/C23H26N4O6/c1-5-16(3)26(22(28)14-32-19-10-11-20(27(29)30)15(2)12-19)13-21-24-23(25-33-21)17-6-8-18(31-4)9-7-17/h6-12,16H,5,13-14H2,1-4H3/t16-/m1/s1. The Labute approximate surface area is 191 Å². The summed E-state index contributed by atoms with van der Waals surface area (Å²) in [5.41, 5.74) is 1.23. The summed E-state index contributed by atoms with van der Waals surface area (Å²) in [5.74, 6) is 1.57. The molecule has 0 saturated carbocycles. The van der Waals surface area contributed by atoms with E-state index in [1.807, 2.05) is 26.0 Å². The van der Waals surface area contributed by atoms with Gasteiger partial charge in [0.25, 0.3) is 11.6 Å². The van der Waals surface area contributed by atoms with Crippen LogP contribution in [0.4, 0.5) is 5.69 Å². The Kier molecular flexibility index (Phi) is 7.60. The number of ether oxygens (including phenoxy) is 2. The summed E-state index contributed by atoms with van der Waals surface area (Å²) >= 11 is 0. The first kappa shape index (κ1) is 23.7. The fourth-order valence-electron chi connectivity index (χ4n) is 3.18. The zero-order chi connectivity index (χ0) is 24.0. The van der Waals surface area contributed by atoms with Crippen molar-refractivity contribution in [3.8, 4) is 22.9 Å². The number of benzene rings is 2. The van der Waals surface area contributed by atoms with Gasteiger partial charge in [-0.3, -0.25) is 14.9 Å². The molecule has 10 heteroatoms. The van der Waals surface area contributed by atoms with Crippen molar-refractivity contribution < 1.29 is 23.7 Å². The summed E-state index contributed by atoms with van der Waals surface area (Å²) in [5, 5.41) is 15.0. The Hall–Kier alpha value is -3.95. The molecule has 1 atom stereocenters. The highest BCUT2D eigenvalue weighted by atomic mass is 16.6. The summed E-state index contributed by atoms with van der Waals surface area (Å²) in [4.78, 5) is 29.5. The summed E-state index contributed by atoms with van der Waals surface area (Å²) in [6.45, 7) is 5.44. The molecule has 0 aliphatic carbocycles. The van der Waals surface area contributed by atoms with Crippen LogP contribution in [-0.2, 0) is 11.3 Å². The molecule has 0 unspecified atom stereocenters. The molecule has 0 radical (unpaired) electrons. The molecule has 0 bridgehead atoms. The lowest BCUT2D eigenvalue weighted by atomic mass is 10.2. The van der Waals surface area contributed by atoms with Gasteiger partial charge in [0.15, 0.2) is 6.61 Å². The lowest BCUT2D eigenvalue weighted by molar-refractivity contribution is -0.385. The van der Waals surface area contributed by atoms with E-state index >= 15 is 0 Å². The van der Waals surface area contributed by atoms with E-state index < -0.39 is 4.92 Å². The zero-order valence-corrected chi connectivity index (χ0v) is 19.0. The van der Waals surface area contributed by atoms with Gasteiger partial charge in [-0.2, -0.15) is 4.98 Å². The van der Waals surface area contributed by atoms with Crippen LogP contribution < -0.4 is 9.47 Å². The van der Waals surface area contributed by atoms with E-state index in [-0.39, 0.29) is 30.8 Å². The molecule has 0 fully saturated rings. The maximum atomic E-state index is 12.9. The minimum atomic E-state index is -0.459. The lowest BCUT2D eigenvalue weighted by Gasteiger charge is -2.27. The molecule has 1 aromatic heterocycles. The molecule has 0 aliphatic rings. The lowest BCUT2D eigenvalue weighted by Crippen LogP contribution is -2.40. The highest BCUT2D eigenvalue weighted by molar-refractivity contribution is 5.78. The Morgan fingerprint density at radius 2 is 1.91 bits per heavy atom. The van der Waals surface area contributed by atoms with Gasteiger partial charge in [-0.25, -0.2) is 0 Å².